The number of nitrogens with one attached hydrogen (secondary N) is 1. The minimum Gasteiger partial charge on any atom is -0.322 e. The molecule has 0 fully saturated rings. The molecule has 0 aliphatic heterocycles. The fraction of sp³-hybridized carbons (Fsp3) is 0.235. The molecule has 5 nitrogen and oxygen atoms in total. The summed E-state index contributed by atoms with van der Waals surface area (Å²) >= 11 is 0. The Bertz CT molecular complexity index is 723. The Kier molecular flexibility index (Phi) is 4.49. The van der Waals surface area contributed by atoms with Crippen LogP contribution in [0.1, 0.15) is 36.7 Å². The van der Waals surface area contributed by atoms with Gasteiger partial charge in [0, 0.05) is 21.8 Å². The van der Waals surface area contributed by atoms with Crippen molar-refractivity contribution >= 4 is 17.3 Å². The van der Waals surface area contributed by atoms with Gasteiger partial charge in [-0.05, 0) is 40.8 Å². The Morgan fingerprint density at radius 2 is 1.82 bits per heavy atom. The third-order valence-electron chi connectivity index (χ3n) is 3.28. The number of hydrogen-bond acceptors (Lipinski definition) is 2. The second-order valence-electron chi connectivity index (χ2n) is 6.02. The summed E-state index contributed by atoms with van der Waals surface area (Å²) in [7, 11) is 0. The zero-order valence-corrected chi connectivity index (χ0v) is 12.9. The van der Waals surface area contributed by atoms with Crippen LogP contribution >= 0.6 is 0 Å². The van der Waals surface area contributed by atoms with Crippen LogP contribution in [0.25, 0.3) is 10.4 Å². The summed E-state index contributed by atoms with van der Waals surface area (Å²) in [6.07, 6.45) is 0. The molecule has 1 amide bonds. The van der Waals surface area contributed by atoms with E-state index in [1.165, 1.54) is 5.56 Å². The first-order valence-electron chi connectivity index (χ1n) is 6.97. The number of nitrogens with zero attached hydrogens (tertiary/aromatic N) is 3. The minimum absolute atomic E-state index is 0.0542. The predicted octanol–water partition coefficient (Wildman–Crippen LogP) is 5.18. The molecule has 2 aromatic rings. The summed E-state index contributed by atoms with van der Waals surface area (Å²) in [5.41, 5.74) is 11.3. The highest BCUT2D eigenvalue weighted by molar-refractivity contribution is 6.04. The normalized spacial score (nSPS) is 10.7. The van der Waals surface area contributed by atoms with Crippen LogP contribution in [0.15, 0.2) is 53.6 Å². The molecule has 22 heavy (non-hydrogen) atoms. The molecule has 0 heterocycles. The number of benzene rings is 2. The van der Waals surface area contributed by atoms with Crippen molar-refractivity contribution in [2.75, 3.05) is 5.32 Å². The number of carbonyl (C=O) groups is 1. The highest BCUT2D eigenvalue weighted by atomic mass is 16.1. The van der Waals surface area contributed by atoms with E-state index in [0.29, 0.717) is 16.9 Å². The van der Waals surface area contributed by atoms with Crippen LogP contribution in [0.4, 0.5) is 11.4 Å². The second-order valence-corrected chi connectivity index (χ2v) is 6.02. The van der Waals surface area contributed by atoms with Gasteiger partial charge in [-0.3, -0.25) is 4.79 Å². The Morgan fingerprint density at radius 1 is 1.14 bits per heavy atom. The monoisotopic (exact) mass is 294 g/mol. The number of carbonyl (C=O) groups excluding carboxylic acids is 1. The summed E-state index contributed by atoms with van der Waals surface area (Å²) in [6, 6.07) is 14.3. The van der Waals surface area contributed by atoms with Crippen molar-refractivity contribution in [3.8, 4) is 0 Å². The Labute approximate surface area is 129 Å². The summed E-state index contributed by atoms with van der Waals surface area (Å²) < 4.78 is 0. The van der Waals surface area contributed by atoms with Crippen LogP contribution in [0.5, 0.6) is 0 Å². The molecule has 2 aromatic carbocycles. The van der Waals surface area contributed by atoms with Crippen molar-refractivity contribution in [2.45, 2.75) is 26.2 Å². The largest absolute Gasteiger partial charge is 0.322 e. The van der Waals surface area contributed by atoms with E-state index < -0.39 is 0 Å². The van der Waals surface area contributed by atoms with Gasteiger partial charge in [-0.25, -0.2) is 0 Å². The first-order valence-corrected chi connectivity index (χ1v) is 6.97. The summed E-state index contributed by atoms with van der Waals surface area (Å²) in [5.74, 6) is -0.196. The molecule has 5 heteroatoms. The van der Waals surface area contributed by atoms with Crippen molar-refractivity contribution in [2.24, 2.45) is 5.11 Å². The van der Waals surface area contributed by atoms with Crippen molar-refractivity contribution < 1.29 is 4.79 Å². The topological polar surface area (TPSA) is 77.9 Å². The molecule has 112 valence electrons. The first-order chi connectivity index (χ1) is 10.4. The molecule has 0 unspecified atom stereocenters. The van der Waals surface area contributed by atoms with Gasteiger partial charge >= 0.3 is 0 Å². The van der Waals surface area contributed by atoms with E-state index in [1.54, 1.807) is 24.3 Å². The van der Waals surface area contributed by atoms with Gasteiger partial charge in [0.1, 0.15) is 0 Å². The summed E-state index contributed by atoms with van der Waals surface area (Å²) in [5, 5.41) is 6.31. The maximum absolute atomic E-state index is 12.2. The van der Waals surface area contributed by atoms with Gasteiger partial charge < -0.3 is 5.32 Å². The quantitative estimate of drug-likeness (QED) is 0.472. The van der Waals surface area contributed by atoms with E-state index >= 15 is 0 Å². The number of rotatable bonds is 3. The van der Waals surface area contributed by atoms with Gasteiger partial charge in [0.25, 0.3) is 5.91 Å². The maximum atomic E-state index is 12.2. The fourth-order valence-corrected chi connectivity index (χ4v) is 2.02. The number of amides is 1. The smallest absolute Gasteiger partial charge is 0.255 e. The molecule has 0 spiro atoms. The average molecular weight is 294 g/mol. The summed E-state index contributed by atoms with van der Waals surface area (Å²) in [4.78, 5) is 15.0. The summed E-state index contributed by atoms with van der Waals surface area (Å²) in [6.45, 7) is 6.38. The Morgan fingerprint density at radius 3 is 2.41 bits per heavy atom. The van der Waals surface area contributed by atoms with E-state index in [9.17, 15) is 4.79 Å². The van der Waals surface area contributed by atoms with Gasteiger partial charge in [0.05, 0.1) is 0 Å². The van der Waals surface area contributed by atoms with E-state index in [-0.39, 0.29) is 11.3 Å². The second kappa shape index (κ2) is 6.33. The number of hydrogen-bond donors (Lipinski definition) is 1. The number of azide groups is 1. The molecule has 0 aromatic heterocycles. The van der Waals surface area contributed by atoms with Gasteiger partial charge in [-0.2, -0.15) is 0 Å². The molecular weight excluding hydrogens is 276 g/mol. The van der Waals surface area contributed by atoms with Crippen LogP contribution in [0.2, 0.25) is 0 Å². The molecule has 2 rings (SSSR count). The van der Waals surface area contributed by atoms with E-state index in [1.807, 2.05) is 24.3 Å². The van der Waals surface area contributed by atoms with Crippen LogP contribution < -0.4 is 5.32 Å². The lowest BCUT2D eigenvalue weighted by Gasteiger charge is -2.19. The molecule has 1 N–H and O–H groups in total. The highest BCUT2D eigenvalue weighted by Gasteiger charge is 2.14. The predicted molar refractivity (Wildman–Crippen MR) is 88.3 cm³/mol. The Balaban J connectivity index is 2.15. The van der Waals surface area contributed by atoms with Crippen LogP contribution in [0.3, 0.4) is 0 Å². The standard InChI is InChI=1S/C17H18N4O/c1-17(2,3)13-9-7-12(8-10-13)16(22)19-14-5-4-6-15(11-14)20-21-18/h4-11H,1-3H3,(H,19,22). The van der Waals surface area contributed by atoms with Gasteiger partial charge in [0.15, 0.2) is 0 Å². The van der Waals surface area contributed by atoms with Gasteiger partial charge in [0.2, 0.25) is 0 Å². The average Bonchev–Trinajstić information content (AvgIpc) is 2.47. The highest BCUT2D eigenvalue weighted by Crippen LogP contribution is 2.23. The van der Waals surface area contributed by atoms with Crippen LogP contribution in [-0.4, -0.2) is 5.91 Å². The van der Waals surface area contributed by atoms with Gasteiger partial charge in [-0.1, -0.05) is 50.2 Å². The lowest BCUT2D eigenvalue weighted by atomic mass is 9.87. The fourth-order valence-electron chi connectivity index (χ4n) is 2.02. The zero-order valence-electron chi connectivity index (χ0n) is 12.9. The SMILES string of the molecule is CC(C)(C)c1ccc(C(=O)Nc2cccc(N=[N+]=[N-])c2)cc1. The minimum atomic E-state index is -0.196. The number of anilines is 1. The zero-order chi connectivity index (χ0) is 16.2. The third-order valence-corrected chi connectivity index (χ3v) is 3.28. The molecule has 0 saturated carbocycles. The van der Waals surface area contributed by atoms with Crippen LogP contribution in [-0.2, 0) is 5.41 Å². The molecule has 0 radical (unpaired) electrons. The molecular formula is C17H18N4O. The first kappa shape index (κ1) is 15.6. The van der Waals surface area contributed by atoms with Crippen molar-refractivity contribution in [1.29, 1.82) is 0 Å². The third kappa shape index (κ3) is 3.87. The van der Waals surface area contributed by atoms with E-state index in [4.69, 9.17) is 5.53 Å². The van der Waals surface area contributed by atoms with Crippen molar-refractivity contribution in [1.82, 2.24) is 0 Å². The van der Waals surface area contributed by atoms with Crippen molar-refractivity contribution in [3.63, 3.8) is 0 Å². The van der Waals surface area contributed by atoms with E-state index in [0.717, 1.165) is 0 Å². The lowest BCUT2D eigenvalue weighted by molar-refractivity contribution is 0.102. The molecule has 0 aliphatic carbocycles. The van der Waals surface area contributed by atoms with Gasteiger partial charge in [-0.15, -0.1) is 0 Å². The van der Waals surface area contributed by atoms with Crippen molar-refractivity contribution in [3.05, 3.63) is 70.1 Å². The van der Waals surface area contributed by atoms with Crippen LogP contribution in [0, 0.1) is 0 Å². The maximum Gasteiger partial charge on any atom is 0.255 e. The van der Waals surface area contributed by atoms with E-state index in [2.05, 4.69) is 36.1 Å². The molecule has 0 saturated heterocycles. The Hall–Kier alpha value is -2.78. The molecule has 0 aliphatic rings. The molecule has 0 atom stereocenters. The molecule has 0 bridgehead atoms. The lowest BCUT2D eigenvalue weighted by Crippen LogP contribution is -2.14.